The molecule has 0 saturated heterocycles. The second kappa shape index (κ2) is 8.73. The van der Waals surface area contributed by atoms with E-state index in [-0.39, 0.29) is 11.3 Å². The van der Waals surface area contributed by atoms with Crippen molar-refractivity contribution in [3.05, 3.63) is 56.6 Å². The maximum absolute atomic E-state index is 13.3. The topological polar surface area (TPSA) is 78.9 Å². The number of benzene rings is 1. The fraction of sp³-hybridized carbons (Fsp3) is 0.400. The van der Waals surface area contributed by atoms with Crippen LogP contribution in [-0.4, -0.2) is 11.1 Å². The molecule has 0 saturated carbocycles. The summed E-state index contributed by atoms with van der Waals surface area (Å²) in [6.07, 6.45) is 4.00. The number of amides is 1. The third kappa shape index (κ3) is 3.96. The number of carbonyl (C=O) groups is 1. The van der Waals surface area contributed by atoms with E-state index >= 15 is 0 Å². The van der Waals surface area contributed by atoms with Gasteiger partial charge in [-0.2, -0.15) is 5.26 Å². The number of aromatic nitrogens is 1. The number of hydrogen-bond donors (Lipinski definition) is 1. The first-order valence-electron chi connectivity index (χ1n) is 10.8. The van der Waals surface area contributed by atoms with Gasteiger partial charge in [0.15, 0.2) is 0 Å². The van der Waals surface area contributed by atoms with E-state index in [4.69, 9.17) is 16.1 Å². The second-order valence-electron chi connectivity index (χ2n) is 9.00. The van der Waals surface area contributed by atoms with Gasteiger partial charge in [0, 0.05) is 10.4 Å². The predicted molar refractivity (Wildman–Crippen MR) is 128 cm³/mol. The second-order valence-corrected chi connectivity index (χ2v) is 10.5. The fourth-order valence-electron chi connectivity index (χ4n) is 4.39. The highest BCUT2D eigenvalue weighted by atomic mass is 35.5. The summed E-state index contributed by atoms with van der Waals surface area (Å²) in [4.78, 5) is 14.5. The number of hydrogen-bond acceptors (Lipinski definition) is 5. The Labute approximate surface area is 197 Å². The van der Waals surface area contributed by atoms with Crippen molar-refractivity contribution in [1.29, 1.82) is 5.26 Å². The van der Waals surface area contributed by atoms with Gasteiger partial charge in [-0.05, 0) is 49.1 Å². The molecular weight excluding hydrogens is 442 g/mol. The molecule has 5 nitrogen and oxygen atoms in total. The SMILES string of the molecule is CCC(C)(C)[C@@H]1CCc2c(sc(NC(=O)c3c(-c4ccccc4Cl)noc3C)c2C#N)C1. The Morgan fingerprint density at radius 3 is 2.84 bits per heavy atom. The molecule has 0 radical (unpaired) electrons. The van der Waals surface area contributed by atoms with E-state index in [1.165, 1.54) is 16.2 Å². The summed E-state index contributed by atoms with van der Waals surface area (Å²) in [5.74, 6) is 0.627. The normalized spacial score (nSPS) is 15.8. The first-order chi connectivity index (χ1) is 15.3. The summed E-state index contributed by atoms with van der Waals surface area (Å²) in [6.45, 7) is 8.56. The average molecular weight is 468 g/mol. The zero-order valence-electron chi connectivity index (χ0n) is 18.7. The lowest BCUT2D eigenvalue weighted by atomic mass is 9.69. The number of fused-ring (bicyclic) bond motifs is 1. The molecule has 0 unspecified atom stereocenters. The Kier molecular flexibility index (Phi) is 6.15. The molecule has 0 aliphatic heterocycles. The van der Waals surface area contributed by atoms with Crippen LogP contribution in [0.15, 0.2) is 28.8 Å². The van der Waals surface area contributed by atoms with Crippen molar-refractivity contribution in [3.8, 4) is 17.3 Å². The van der Waals surface area contributed by atoms with Gasteiger partial charge in [0.25, 0.3) is 5.91 Å². The van der Waals surface area contributed by atoms with E-state index in [1.54, 1.807) is 19.1 Å². The third-order valence-electron chi connectivity index (χ3n) is 6.84. The van der Waals surface area contributed by atoms with Crippen LogP contribution in [-0.2, 0) is 12.8 Å². The molecule has 2 aromatic heterocycles. The quantitative estimate of drug-likeness (QED) is 0.436. The van der Waals surface area contributed by atoms with Gasteiger partial charge in [0.05, 0.1) is 10.6 Å². The van der Waals surface area contributed by atoms with Crippen LogP contribution >= 0.6 is 22.9 Å². The lowest BCUT2D eigenvalue weighted by Gasteiger charge is -2.36. The number of anilines is 1. The zero-order chi connectivity index (χ0) is 23.0. The highest BCUT2D eigenvalue weighted by Gasteiger charge is 2.34. The number of nitrogens with zero attached hydrogens (tertiary/aromatic N) is 2. The molecule has 0 bridgehead atoms. The summed E-state index contributed by atoms with van der Waals surface area (Å²) < 4.78 is 5.33. The number of rotatable bonds is 5. The third-order valence-corrected chi connectivity index (χ3v) is 8.34. The molecule has 0 spiro atoms. The van der Waals surface area contributed by atoms with Gasteiger partial charge in [-0.1, -0.05) is 62.1 Å². The smallest absolute Gasteiger partial charge is 0.262 e. The van der Waals surface area contributed by atoms with Crippen LogP contribution < -0.4 is 5.32 Å². The molecule has 166 valence electrons. The van der Waals surface area contributed by atoms with Crippen molar-refractivity contribution < 1.29 is 9.32 Å². The molecule has 1 aliphatic carbocycles. The van der Waals surface area contributed by atoms with Gasteiger partial charge in [0.1, 0.15) is 28.1 Å². The Balaban J connectivity index is 1.66. The number of nitrogens with one attached hydrogen (secondary N) is 1. The minimum Gasteiger partial charge on any atom is -0.360 e. The summed E-state index contributed by atoms with van der Waals surface area (Å²) in [5.41, 5.74) is 3.28. The molecule has 3 aromatic rings. The van der Waals surface area contributed by atoms with Crippen LogP contribution in [0.4, 0.5) is 5.00 Å². The highest BCUT2D eigenvalue weighted by molar-refractivity contribution is 7.16. The molecular formula is C25H26ClN3O2S. The standard InChI is InChI=1S/C25H26ClN3O2S/c1-5-25(3,4)15-10-11-16-18(13-27)24(32-20(16)12-15)28-23(30)21-14(2)31-29-22(21)17-8-6-7-9-19(17)26/h6-9,15H,5,10-12H2,1-4H3,(H,28,30)/t15-/m1/s1. The number of halogens is 1. The van der Waals surface area contributed by atoms with Crippen LogP contribution in [0.25, 0.3) is 11.3 Å². The fourth-order valence-corrected chi connectivity index (χ4v) is 5.89. The summed E-state index contributed by atoms with van der Waals surface area (Å²) >= 11 is 7.85. The van der Waals surface area contributed by atoms with Gasteiger partial charge in [0.2, 0.25) is 0 Å². The Morgan fingerprint density at radius 2 is 2.16 bits per heavy atom. The number of aryl methyl sites for hydroxylation is 1. The Bertz CT molecular complexity index is 1220. The predicted octanol–water partition coefficient (Wildman–Crippen LogP) is 7.03. The largest absolute Gasteiger partial charge is 0.360 e. The van der Waals surface area contributed by atoms with Crippen molar-refractivity contribution in [2.45, 2.75) is 53.4 Å². The molecule has 2 heterocycles. The molecule has 1 amide bonds. The van der Waals surface area contributed by atoms with Crippen molar-refractivity contribution in [1.82, 2.24) is 5.16 Å². The van der Waals surface area contributed by atoms with Gasteiger partial charge in [-0.15, -0.1) is 11.3 Å². The van der Waals surface area contributed by atoms with Crippen molar-refractivity contribution >= 4 is 33.8 Å². The van der Waals surface area contributed by atoms with Crippen molar-refractivity contribution in [2.24, 2.45) is 11.3 Å². The first kappa shape index (κ1) is 22.6. The van der Waals surface area contributed by atoms with E-state index < -0.39 is 0 Å². The molecule has 1 atom stereocenters. The van der Waals surface area contributed by atoms with Crippen molar-refractivity contribution in [3.63, 3.8) is 0 Å². The van der Waals surface area contributed by atoms with Crippen LogP contribution in [0, 0.1) is 29.6 Å². The minimum atomic E-state index is -0.348. The number of thiophene rings is 1. The number of carbonyl (C=O) groups excluding carboxylic acids is 1. The molecule has 4 rings (SSSR count). The lowest BCUT2D eigenvalue weighted by molar-refractivity contribution is 0.102. The molecule has 1 aliphatic rings. The molecule has 1 aromatic carbocycles. The zero-order valence-corrected chi connectivity index (χ0v) is 20.3. The summed E-state index contributed by atoms with van der Waals surface area (Å²) in [5, 5.41) is 18.0. The number of nitriles is 1. The van der Waals surface area contributed by atoms with E-state index in [0.29, 0.717) is 44.1 Å². The molecule has 32 heavy (non-hydrogen) atoms. The minimum absolute atomic E-state index is 0.251. The van der Waals surface area contributed by atoms with Crippen molar-refractivity contribution in [2.75, 3.05) is 5.32 Å². The van der Waals surface area contributed by atoms with Crippen LogP contribution in [0.5, 0.6) is 0 Å². The van der Waals surface area contributed by atoms with E-state index in [1.807, 2.05) is 12.1 Å². The lowest BCUT2D eigenvalue weighted by Crippen LogP contribution is -2.28. The monoisotopic (exact) mass is 467 g/mol. The molecule has 1 N–H and O–H groups in total. The maximum Gasteiger partial charge on any atom is 0.262 e. The van der Waals surface area contributed by atoms with Gasteiger partial charge >= 0.3 is 0 Å². The average Bonchev–Trinajstić information content (AvgIpc) is 3.32. The highest BCUT2D eigenvalue weighted by Crippen LogP contribution is 2.45. The van der Waals surface area contributed by atoms with Gasteiger partial charge < -0.3 is 9.84 Å². The summed E-state index contributed by atoms with van der Waals surface area (Å²) in [7, 11) is 0. The van der Waals surface area contributed by atoms with Crippen LogP contribution in [0.2, 0.25) is 5.02 Å². The first-order valence-corrected chi connectivity index (χ1v) is 12.0. The van der Waals surface area contributed by atoms with Gasteiger partial charge in [-0.25, -0.2) is 0 Å². The van der Waals surface area contributed by atoms with E-state index in [9.17, 15) is 10.1 Å². The molecule has 7 heteroatoms. The maximum atomic E-state index is 13.3. The molecule has 0 fully saturated rings. The Hall–Kier alpha value is -2.62. The summed E-state index contributed by atoms with van der Waals surface area (Å²) in [6, 6.07) is 9.53. The Morgan fingerprint density at radius 1 is 1.41 bits per heavy atom. The van der Waals surface area contributed by atoms with Gasteiger partial charge in [-0.3, -0.25) is 4.79 Å². The van der Waals surface area contributed by atoms with Crippen LogP contribution in [0.3, 0.4) is 0 Å². The van der Waals surface area contributed by atoms with E-state index in [0.717, 1.165) is 31.2 Å². The van der Waals surface area contributed by atoms with E-state index in [2.05, 4.69) is 37.3 Å². The van der Waals surface area contributed by atoms with Crippen LogP contribution in [0.1, 0.15) is 65.7 Å².